The first-order chi connectivity index (χ1) is 16.5. The summed E-state index contributed by atoms with van der Waals surface area (Å²) < 4.78 is 0. The number of carbonyl (C=O) groups excluding carboxylic acids is 2. The zero-order chi connectivity index (χ0) is 24.1. The second-order valence-electron chi connectivity index (χ2n) is 8.20. The van der Waals surface area contributed by atoms with E-state index in [1.165, 1.54) is 23.8 Å². The molecule has 4 aromatic rings. The molecule has 0 radical (unpaired) electrons. The highest BCUT2D eigenvalue weighted by Gasteiger charge is 2.18. The van der Waals surface area contributed by atoms with Crippen LogP contribution in [0.3, 0.4) is 0 Å². The Labute approximate surface area is 203 Å². The maximum absolute atomic E-state index is 13.3. The largest absolute Gasteiger partial charge is 0.356 e. The lowest BCUT2D eigenvalue weighted by Crippen LogP contribution is -2.21. The molecule has 0 unspecified atom stereocenters. The van der Waals surface area contributed by atoms with E-state index in [9.17, 15) is 9.59 Å². The number of nitrogens with zero attached hydrogens (tertiary/aromatic N) is 2. The highest BCUT2D eigenvalue weighted by Crippen LogP contribution is 2.28. The van der Waals surface area contributed by atoms with Crippen molar-refractivity contribution in [3.05, 3.63) is 76.3 Å². The monoisotopic (exact) mass is 472 g/mol. The first kappa shape index (κ1) is 23.6. The van der Waals surface area contributed by atoms with E-state index < -0.39 is 0 Å². The van der Waals surface area contributed by atoms with Gasteiger partial charge in [0.15, 0.2) is 5.13 Å². The van der Waals surface area contributed by atoms with Crippen LogP contribution in [0.2, 0.25) is 0 Å². The van der Waals surface area contributed by atoms with Gasteiger partial charge in [-0.1, -0.05) is 49.4 Å². The summed E-state index contributed by atoms with van der Waals surface area (Å²) in [6.07, 6.45) is 2.56. The molecular formula is C27H28N4O2S. The van der Waals surface area contributed by atoms with Gasteiger partial charge in [0.25, 0.3) is 5.91 Å². The molecule has 0 bridgehead atoms. The Morgan fingerprint density at radius 2 is 1.79 bits per heavy atom. The molecule has 34 heavy (non-hydrogen) atoms. The molecule has 7 heteroatoms. The predicted molar refractivity (Wildman–Crippen MR) is 138 cm³/mol. The smallest absolute Gasteiger partial charge is 0.258 e. The number of nitrogens with one attached hydrogen (secondary N) is 2. The maximum Gasteiger partial charge on any atom is 0.258 e. The summed E-state index contributed by atoms with van der Waals surface area (Å²) in [6, 6.07) is 16.0. The number of aryl methyl sites for hydroxylation is 2. The number of aromatic nitrogens is 2. The van der Waals surface area contributed by atoms with Gasteiger partial charge >= 0.3 is 0 Å². The summed E-state index contributed by atoms with van der Waals surface area (Å²) in [5, 5.41) is 9.18. The first-order valence-corrected chi connectivity index (χ1v) is 12.3. The van der Waals surface area contributed by atoms with Crippen LogP contribution in [-0.4, -0.2) is 28.3 Å². The molecule has 0 saturated heterocycles. The minimum Gasteiger partial charge on any atom is -0.356 e. The van der Waals surface area contributed by atoms with Crippen LogP contribution < -0.4 is 10.6 Å². The van der Waals surface area contributed by atoms with Crippen LogP contribution in [0, 0.1) is 6.92 Å². The zero-order valence-corrected chi connectivity index (χ0v) is 20.5. The Balaban J connectivity index is 1.48. The van der Waals surface area contributed by atoms with E-state index in [1.807, 2.05) is 55.6 Å². The van der Waals surface area contributed by atoms with Crippen molar-refractivity contribution >= 4 is 39.2 Å². The van der Waals surface area contributed by atoms with Gasteiger partial charge in [-0.05, 0) is 43.4 Å². The molecular weight excluding hydrogens is 444 g/mol. The molecule has 2 heterocycles. The Kier molecular flexibility index (Phi) is 7.33. The molecule has 2 amide bonds. The van der Waals surface area contributed by atoms with Gasteiger partial charge in [0.05, 0.1) is 16.8 Å². The Morgan fingerprint density at radius 3 is 2.53 bits per heavy atom. The molecule has 0 aliphatic rings. The minimum atomic E-state index is -0.166. The summed E-state index contributed by atoms with van der Waals surface area (Å²) in [6.45, 7) is 6.21. The second-order valence-corrected chi connectivity index (χ2v) is 9.06. The Hall–Kier alpha value is -3.58. The molecule has 0 spiro atoms. The van der Waals surface area contributed by atoms with Crippen LogP contribution in [-0.2, 0) is 17.6 Å². The van der Waals surface area contributed by atoms with E-state index in [1.54, 1.807) is 0 Å². The van der Waals surface area contributed by atoms with Crippen LogP contribution in [0.5, 0.6) is 0 Å². The molecule has 0 aliphatic carbocycles. The number of fused-ring (bicyclic) bond motifs is 1. The lowest BCUT2D eigenvalue weighted by molar-refractivity contribution is -0.118. The summed E-state index contributed by atoms with van der Waals surface area (Å²) in [4.78, 5) is 33.6. The van der Waals surface area contributed by atoms with Gasteiger partial charge in [0.1, 0.15) is 0 Å². The molecule has 6 nitrogen and oxygen atoms in total. The molecule has 2 aromatic carbocycles. The normalized spacial score (nSPS) is 10.9. The molecule has 4 rings (SSSR count). The lowest BCUT2D eigenvalue weighted by atomic mass is 9.99. The number of para-hydroxylation sites is 1. The summed E-state index contributed by atoms with van der Waals surface area (Å²) in [5.41, 5.74) is 6.36. The number of hydrogen-bond acceptors (Lipinski definition) is 5. The van der Waals surface area contributed by atoms with E-state index in [-0.39, 0.29) is 11.8 Å². The van der Waals surface area contributed by atoms with E-state index in [4.69, 9.17) is 4.98 Å². The van der Waals surface area contributed by atoms with Gasteiger partial charge in [-0.25, -0.2) is 4.98 Å². The molecule has 0 saturated carbocycles. The van der Waals surface area contributed by atoms with Crippen molar-refractivity contribution in [3.63, 3.8) is 0 Å². The van der Waals surface area contributed by atoms with Crippen LogP contribution in [0.4, 0.5) is 5.13 Å². The molecule has 0 fully saturated rings. The predicted octanol–water partition coefficient (Wildman–Crippen LogP) is 5.55. The lowest BCUT2D eigenvalue weighted by Gasteiger charge is -2.13. The van der Waals surface area contributed by atoms with Crippen LogP contribution in [0.25, 0.3) is 22.2 Å². The van der Waals surface area contributed by atoms with E-state index in [2.05, 4.69) is 27.8 Å². The van der Waals surface area contributed by atoms with Gasteiger partial charge in [0, 0.05) is 35.5 Å². The molecule has 2 N–H and O–H groups in total. The highest BCUT2D eigenvalue weighted by molar-refractivity contribution is 7.14. The molecule has 0 atom stereocenters. The van der Waals surface area contributed by atoms with Crippen molar-refractivity contribution in [2.75, 3.05) is 11.9 Å². The van der Waals surface area contributed by atoms with E-state index >= 15 is 0 Å². The Bertz CT molecular complexity index is 1330. The highest BCUT2D eigenvalue weighted by atomic mass is 32.1. The third-order valence-electron chi connectivity index (χ3n) is 5.79. The van der Waals surface area contributed by atoms with Crippen molar-refractivity contribution in [1.82, 2.24) is 15.3 Å². The number of rotatable bonds is 8. The number of benzene rings is 2. The van der Waals surface area contributed by atoms with Gasteiger partial charge in [-0.3, -0.25) is 19.9 Å². The molecule has 2 aromatic heterocycles. The third kappa shape index (κ3) is 5.31. The van der Waals surface area contributed by atoms with Crippen molar-refractivity contribution in [2.24, 2.45) is 0 Å². The number of amides is 2. The molecule has 0 aliphatic heterocycles. The van der Waals surface area contributed by atoms with Crippen LogP contribution in [0.1, 0.15) is 47.4 Å². The number of pyridine rings is 1. The fourth-order valence-corrected chi connectivity index (χ4v) is 4.73. The van der Waals surface area contributed by atoms with Gasteiger partial charge in [-0.15, -0.1) is 11.3 Å². The van der Waals surface area contributed by atoms with Gasteiger partial charge < -0.3 is 5.32 Å². The van der Waals surface area contributed by atoms with Crippen molar-refractivity contribution in [3.8, 4) is 11.3 Å². The zero-order valence-electron chi connectivity index (χ0n) is 19.6. The van der Waals surface area contributed by atoms with Crippen LogP contribution in [0.15, 0.2) is 53.9 Å². The average Bonchev–Trinajstić information content (AvgIpc) is 3.30. The topological polar surface area (TPSA) is 84.0 Å². The quantitative estimate of drug-likeness (QED) is 0.329. The number of hydrogen-bond donors (Lipinski definition) is 2. The average molecular weight is 473 g/mol. The third-order valence-corrected chi connectivity index (χ3v) is 6.55. The summed E-state index contributed by atoms with van der Waals surface area (Å²) in [5.74, 6) is -0.166. The minimum absolute atomic E-state index is 0.000132. The van der Waals surface area contributed by atoms with Gasteiger partial charge in [-0.2, -0.15) is 0 Å². The molecule has 174 valence electrons. The summed E-state index contributed by atoms with van der Waals surface area (Å²) in [7, 11) is 0. The number of carbonyl (C=O) groups is 2. The van der Waals surface area contributed by atoms with Crippen molar-refractivity contribution in [1.29, 1.82) is 0 Å². The number of thiazole rings is 1. The first-order valence-electron chi connectivity index (χ1n) is 11.4. The fraction of sp³-hybridized carbons (Fsp3) is 0.259. The van der Waals surface area contributed by atoms with E-state index in [0.717, 1.165) is 52.7 Å². The van der Waals surface area contributed by atoms with Crippen LogP contribution >= 0.6 is 11.3 Å². The maximum atomic E-state index is 13.3. The SMILES string of the molecule is CCc1nc2ccccc2c(C(=O)Nc2nc(-c3ccc(CCCNC(C)=O)cc3)cs2)c1C. The second kappa shape index (κ2) is 10.6. The summed E-state index contributed by atoms with van der Waals surface area (Å²) >= 11 is 1.41. The van der Waals surface area contributed by atoms with Crippen molar-refractivity contribution in [2.45, 2.75) is 40.0 Å². The fourth-order valence-electron chi connectivity index (χ4n) is 4.02. The number of anilines is 1. The van der Waals surface area contributed by atoms with E-state index in [0.29, 0.717) is 17.2 Å². The Morgan fingerprint density at radius 1 is 1.03 bits per heavy atom. The standard InChI is InChI=1S/C27H28N4O2S/c1-4-22-17(2)25(21-9-5-6-10-23(21)29-22)26(33)31-27-30-24(16-34-27)20-13-11-19(12-14-20)8-7-15-28-18(3)32/h5-6,9-14,16H,4,7-8,15H2,1-3H3,(H,28,32)(H,30,31,33). The van der Waals surface area contributed by atoms with Gasteiger partial charge in [0.2, 0.25) is 5.91 Å². The van der Waals surface area contributed by atoms with Crippen molar-refractivity contribution < 1.29 is 9.59 Å².